The van der Waals surface area contributed by atoms with Gasteiger partial charge in [0.2, 0.25) is 11.8 Å². The number of fused-ring (bicyclic) bond motifs is 4. The number of phenols is 1. The zero-order valence-corrected chi connectivity index (χ0v) is 33.0. The number of halogens is 2. The summed E-state index contributed by atoms with van der Waals surface area (Å²) in [6, 6.07) is 19.5. The van der Waals surface area contributed by atoms with E-state index in [-0.39, 0.29) is 46.2 Å². The van der Waals surface area contributed by atoms with Crippen molar-refractivity contribution in [1.82, 2.24) is 5.01 Å². The number of allylic oxidation sites excluding steroid dienone is 2. The van der Waals surface area contributed by atoms with Crippen LogP contribution >= 0.6 is 23.2 Å². The number of phenolic OH excluding ortho intramolecular Hbond substituents is 1. The standard InChI is InChI=1S/C41H34Cl2N6O10/c1-45(2)36-31(48(55)56)17-22(18-32(36)49(57)58)46-37(51)26-14-13-24-27(34(26)39(46)53)19-28-38(52)47(44-30-15-10-21(42)16-29(30)43)40(54)41(28,20-8-11-23(59-3)12-9-20)35(24)25-6-4-5-7-33(25)50/h4-13,15-18,26-28,34-35,44,50H,14,19H2,1-3H3/t26-,27+,28-,34-,35+,41+/m0/s1. The van der Waals surface area contributed by atoms with Crippen LogP contribution in [0, 0.1) is 43.9 Å². The van der Waals surface area contributed by atoms with Crippen LogP contribution in [0.15, 0.2) is 90.5 Å². The van der Waals surface area contributed by atoms with Crippen LogP contribution in [-0.2, 0) is 24.6 Å². The first-order valence-electron chi connectivity index (χ1n) is 18.4. The highest BCUT2D eigenvalue weighted by atomic mass is 35.5. The number of rotatable bonds is 9. The zero-order valence-electron chi connectivity index (χ0n) is 31.5. The van der Waals surface area contributed by atoms with Gasteiger partial charge in [0.25, 0.3) is 11.8 Å². The number of para-hydroxylation sites is 1. The number of hydrogen-bond donors (Lipinski definition) is 2. The fourth-order valence-electron chi connectivity index (χ4n) is 9.63. The summed E-state index contributed by atoms with van der Waals surface area (Å²) in [4.78, 5) is 84.3. The SMILES string of the molecule is COc1ccc([C@@]23C(=O)N(Nc4ccc(Cl)cc4Cl)C(=O)[C@@H]2C[C@@H]2C(=CC[C@@H]4C(=O)N(c5cc([N+](=O)[O-])c(N(C)C)c([N+](=O)[O-])c5)C(=O)[C@@H]42)[C@@H]3c2ccccc2O)cc1. The number of nitro benzene ring substituents is 2. The highest BCUT2D eigenvalue weighted by Crippen LogP contribution is 2.65. The van der Waals surface area contributed by atoms with Gasteiger partial charge < -0.3 is 14.7 Å². The molecule has 2 heterocycles. The van der Waals surface area contributed by atoms with Crippen LogP contribution in [-0.4, -0.2) is 64.8 Å². The molecule has 0 unspecified atom stereocenters. The molecule has 4 aromatic carbocycles. The molecule has 302 valence electrons. The van der Waals surface area contributed by atoms with Crippen molar-refractivity contribution in [3.8, 4) is 11.5 Å². The lowest BCUT2D eigenvalue weighted by Crippen LogP contribution is -2.53. The van der Waals surface area contributed by atoms with E-state index in [1.54, 1.807) is 48.5 Å². The molecule has 4 amide bonds. The van der Waals surface area contributed by atoms with Crippen LogP contribution in [0.3, 0.4) is 0 Å². The lowest BCUT2D eigenvalue weighted by Gasteiger charge is -2.50. The Morgan fingerprint density at radius 3 is 2.14 bits per heavy atom. The molecule has 0 bridgehead atoms. The molecule has 2 N–H and O–H groups in total. The maximum atomic E-state index is 15.4. The van der Waals surface area contributed by atoms with Crippen molar-refractivity contribution in [2.75, 3.05) is 36.4 Å². The van der Waals surface area contributed by atoms with Gasteiger partial charge in [-0.05, 0) is 60.7 Å². The molecule has 8 rings (SSSR count). The van der Waals surface area contributed by atoms with Crippen LogP contribution in [0.1, 0.15) is 29.9 Å². The maximum absolute atomic E-state index is 15.4. The molecular formula is C41H34Cl2N6O10. The van der Waals surface area contributed by atoms with Crippen molar-refractivity contribution in [3.05, 3.63) is 132 Å². The van der Waals surface area contributed by atoms with E-state index in [2.05, 4.69) is 5.43 Å². The number of benzene rings is 4. The van der Waals surface area contributed by atoms with Crippen LogP contribution < -0.4 is 20.0 Å². The monoisotopic (exact) mass is 840 g/mol. The first kappa shape index (κ1) is 39.3. The number of anilines is 3. The van der Waals surface area contributed by atoms with Crippen molar-refractivity contribution in [3.63, 3.8) is 0 Å². The van der Waals surface area contributed by atoms with Crippen molar-refractivity contribution in [2.45, 2.75) is 24.2 Å². The van der Waals surface area contributed by atoms with Gasteiger partial charge >= 0.3 is 11.4 Å². The van der Waals surface area contributed by atoms with Gasteiger partial charge in [0, 0.05) is 42.7 Å². The molecular weight excluding hydrogens is 807 g/mol. The number of nitrogens with zero attached hydrogens (tertiary/aromatic N) is 5. The van der Waals surface area contributed by atoms with Gasteiger partial charge in [-0.15, -0.1) is 0 Å². The van der Waals surface area contributed by atoms with Crippen molar-refractivity contribution >= 4 is 75.3 Å². The Morgan fingerprint density at radius 2 is 1.54 bits per heavy atom. The molecule has 16 nitrogen and oxygen atoms in total. The predicted molar refractivity (Wildman–Crippen MR) is 215 cm³/mol. The number of methoxy groups -OCH3 is 1. The van der Waals surface area contributed by atoms with E-state index < -0.39 is 79.9 Å². The number of carbonyl (C=O) groups is 4. The summed E-state index contributed by atoms with van der Waals surface area (Å²) in [5.74, 6) is -7.87. The summed E-state index contributed by atoms with van der Waals surface area (Å²) in [6.07, 6.45) is 1.63. The number of ether oxygens (including phenoxy) is 1. The third kappa shape index (κ3) is 5.87. The summed E-state index contributed by atoms with van der Waals surface area (Å²) in [5, 5.41) is 37.4. The van der Waals surface area contributed by atoms with Crippen LogP contribution in [0.2, 0.25) is 10.0 Å². The van der Waals surface area contributed by atoms with Gasteiger partial charge in [0.1, 0.15) is 11.5 Å². The Morgan fingerprint density at radius 1 is 0.881 bits per heavy atom. The lowest BCUT2D eigenvalue weighted by molar-refractivity contribution is -0.392. The first-order chi connectivity index (χ1) is 28.1. The highest BCUT2D eigenvalue weighted by Gasteiger charge is 2.70. The number of nitrogens with one attached hydrogen (secondary N) is 1. The molecule has 1 saturated carbocycles. The van der Waals surface area contributed by atoms with Gasteiger partial charge in [-0.3, -0.25) is 44.8 Å². The van der Waals surface area contributed by atoms with Gasteiger partial charge in [0.05, 0.1) is 56.5 Å². The number of amides is 4. The quantitative estimate of drug-likeness (QED) is 0.0775. The van der Waals surface area contributed by atoms with Crippen LogP contribution in [0.5, 0.6) is 11.5 Å². The molecule has 59 heavy (non-hydrogen) atoms. The third-order valence-corrected chi connectivity index (χ3v) is 12.5. The number of hydrogen-bond acceptors (Lipinski definition) is 12. The second kappa shape index (κ2) is 14.4. The van der Waals surface area contributed by atoms with Gasteiger partial charge in [-0.25, -0.2) is 4.90 Å². The summed E-state index contributed by atoms with van der Waals surface area (Å²) in [7, 11) is 4.28. The van der Waals surface area contributed by atoms with E-state index in [1.807, 2.05) is 0 Å². The Kier molecular flexibility index (Phi) is 9.59. The largest absolute Gasteiger partial charge is 0.508 e. The van der Waals surface area contributed by atoms with E-state index in [1.165, 1.54) is 50.4 Å². The molecule has 0 spiro atoms. The van der Waals surface area contributed by atoms with Crippen molar-refractivity contribution in [1.29, 1.82) is 0 Å². The predicted octanol–water partition coefficient (Wildman–Crippen LogP) is 6.78. The molecule has 2 aliphatic heterocycles. The highest BCUT2D eigenvalue weighted by molar-refractivity contribution is 6.36. The van der Waals surface area contributed by atoms with E-state index in [0.717, 1.165) is 22.0 Å². The summed E-state index contributed by atoms with van der Waals surface area (Å²) in [5.41, 5.74) is 0.564. The molecule has 2 saturated heterocycles. The molecule has 4 aromatic rings. The molecule has 18 heteroatoms. The normalized spacial score (nSPS) is 24.6. The minimum atomic E-state index is -1.74. The molecule has 3 fully saturated rings. The molecule has 2 aliphatic carbocycles. The molecule has 4 aliphatic rings. The van der Waals surface area contributed by atoms with E-state index in [4.69, 9.17) is 27.9 Å². The minimum absolute atomic E-state index is 0.0184. The maximum Gasteiger partial charge on any atom is 0.301 e. The topological polar surface area (TPSA) is 206 Å². The van der Waals surface area contributed by atoms with Gasteiger partial charge in [-0.2, -0.15) is 5.01 Å². The Hall–Kier alpha value is -6.52. The van der Waals surface area contributed by atoms with E-state index in [0.29, 0.717) is 21.9 Å². The second-order valence-corrected chi connectivity index (χ2v) is 15.9. The van der Waals surface area contributed by atoms with Crippen molar-refractivity contribution in [2.24, 2.45) is 23.7 Å². The minimum Gasteiger partial charge on any atom is -0.508 e. The second-order valence-electron chi connectivity index (χ2n) is 15.0. The zero-order chi connectivity index (χ0) is 42.2. The van der Waals surface area contributed by atoms with E-state index in [9.17, 15) is 39.7 Å². The fraction of sp³-hybridized carbons (Fsp3) is 0.268. The van der Waals surface area contributed by atoms with E-state index >= 15 is 4.79 Å². The molecule has 0 radical (unpaired) electrons. The summed E-state index contributed by atoms with van der Waals surface area (Å²) < 4.78 is 5.43. The number of imide groups is 2. The Balaban J connectivity index is 1.31. The van der Waals surface area contributed by atoms with Crippen LogP contribution in [0.25, 0.3) is 0 Å². The average Bonchev–Trinajstić information content (AvgIpc) is 3.59. The number of nitro groups is 2. The number of carbonyl (C=O) groups excluding carboxylic acids is 4. The Labute approximate surface area is 345 Å². The Bertz CT molecular complexity index is 2510. The fourth-order valence-corrected chi connectivity index (χ4v) is 10.1. The molecule has 6 atom stereocenters. The molecule has 0 aromatic heterocycles. The average molecular weight is 842 g/mol. The summed E-state index contributed by atoms with van der Waals surface area (Å²) >= 11 is 12.7. The van der Waals surface area contributed by atoms with Crippen molar-refractivity contribution < 1.29 is 38.9 Å². The number of hydrazine groups is 1. The van der Waals surface area contributed by atoms with Gasteiger partial charge in [0.15, 0.2) is 5.69 Å². The number of aromatic hydroxyl groups is 1. The first-order valence-corrected chi connectivity index (χ1v) is 19.1. The lowest BCUT2D eigenvalue weighted by atomic mass is 9.49. The smallest absolute Gasteiger partial charge is 0.301 e. The van der Waals surface area contributed by atoms with Crippen LogP contribution in [0.4, 0.5) is 28.4 Å². The summed E-state index contributed by atoms with van der Waals surface area (Å²) in [6.45, 7) is 0. The van der Waals surface area contributed by atoms with Gasteiger partial charge in [-0.1, -0.05) is 65.2 Å². The third-order valence-electron chi connectivity index (χ3n) is 12.0.